The molecule has 1 aromatic rings. The topological polar surface area (TPSA) is 188 Å². The molecule has 11 nitrogen and oxygen atoms in total. The monoisotopic (exact) mass is 564 g/mol. The zero-order valence-corrected chi connectivity index (χ0v) is 23.2. The fourth-order valence-corrected chi connectivity index (χ4v) is 5.53. The molecule has 0 fully saturated rings. The maximum absolute atomic E-state index is 13.2. The number of ether oxygens (including phenoxy) is 1. The van der Waals surface area contributed by atoms with Crippen molar-refractivity contribution in [3.05, 3.63) is 52.5 Å². The molecule has 0 heterocycles. The standard InChI is InChI=1S/C27H36N2O9S/c1-5-9-39-13-15-10-16(38-14(2)30)11-18(29(3)4)24(34)23(27(28)37)26(36)25(35)21(33)12-20(32)22-17(15)7-6-8-19(22)31/h6-8,12,15-16,18,25,31,33-35H,5,9-11,13H2,1-4H3,(H2,28,37)/b21-12-,24-23-/t15-,16-,18-,25-/m0/s1. The molecular formula is C27H36N2O9S. The van der Waals surface area contributed by atoms with E-state index in [9.17, 15) is 39.6 Å². The van der Waals surface area contributed by atoms with Crippen molar-refractivity contribution >= 4 is 35.2 Å². The number of Topliss-reactive ketones (excluding diaryl/α,β-unsaturated/α-hetero) is 1. The number of ketones is 2. The molecule has 0 radical (unpaired) electrons. The lowest BCUT2D eigenvalue weighted by atomic mass is 9.86. The summed E-state index contributed by atoms with van der Waals surface area (Å²) in [5, 5.41) is 42.6. The van der Waals surface area contributed by atoms with Gasteiger partial charge < -0.3 is 30.9 Å². The summed E-state index contributed by atoms with van der Waals surface area (Å²) in [4.78, 5) is 52.0. The van der Waals surface area contributed by atoms with Crippen molar-refractivity contribution in [3.63, 3.8) is 0 Å². The van der Waals surface area contributed by atoms with Crippen LogP contribution < -0.4 is 5.73 Å². The highest BCUT2D eigenvalue weighted by molar-refractivity contribution is 7.99. The van der Waals surface area contributed by atoms with Gasteiger partial charge in [0.1, 0.15) is 28.9 Å². The molecule has 12 heteroatoms. The summed E-state index contributed by atoms with van der Waals surface area (Å²) in [7, 11) is 3.12. The molecule has 6 N–H and O–H groups in total. The SMILES string of the molecule is CCCSC[C@@H]1C[C@H](OC(C)=O)C[C@H](N(C)C)/C(O)=C(/C(N)=O)C(=O)[C@@H](O)/C(O)=C/C(=O)c2c(O)cccc21. The molecule has 39 heavy (non-hydrogen) atoms. The summed E-state index contributed by atoms with van der Waals surface area (Å²) >= 11 is 1.60. The molecule has 1 amide bonds. The second-order valence-electron chi connectivity index (χ2n) is 9.52. The average molecular weight is 565 g/mol. The smallest absolute Gasteiger partial charge is 0.302 e. The number of primary amides is 1. The Kier molecular flexibility index (Phi) is 11.6. The third-order valence-corrected chi connectivity index (χ3v) is 7.63. The molecule has 2 rings (SSSR count). The van der Waals surface area contributed by atoms with Crippen LogP contribution in [0.4, 0.5) is 0 Å². The first-order valence-corrected chi connectivity index (χ1v) is 13.6. The van der Waals surface area contributed by atoms with Crippen LogP contribution in [0, 0.1) is 0 Å². The largest absolute Gasteiger partial charge is 0.510 e. The van der Waals surface area contributed by atoms with Gasteiger partial charge >= 0.3 is 5.97 Å². The predicted octanol–water partition coefficient (Wildman–Crippen LogP) is 2.13. The predicted molar refractivity (Wildman–Crippen MR) is 146 cm³/mol. The number of thioether (sulfide) groups is 1. The van der Waals surface area contributed by atoms with Crippen LogP contribution in [0.25, 0.3) is 0 Å². The fourth-order valence-electron chi connectivity index (χ4n) is 4.48. The number of aromatic hydroxyl groups is 1. The summed E-state index contributed by atoms with van der Waals surface area (Å²) in [5.74, 6) is -5.72. The maximum atomic E-state index is 13.2. The minimum absolute atomic E-state index is 0.0859. The van der Waals surface area contributed by atoms with Crippen LogP contribution in [0.2, 0.25) is 0 Å². The number of aliphatic hydroxyl groups is 3. The zero-order chi connectivity index (χ0) is 29.4. The molecule has 0 aliphatic heterocycles. The third-order valence-electron chi connectivity index (χ3n) is 6.29. The molecule has 0 aromatic heterocycles. The number of likely N-dealkylation sites (N-methyl/N-ethyl adjacent to an activating group) is 1. The number of aliphatic hydroxyl groups excluding tert-OH is 3. The number of carbonyl (C=O) groups is 4. The van der Waals surface area contributed by atoms with Crippen molar-refractivity contribution in [1.29, 1.82) is 0 Å². The van der Waals surface area contributed by atoms with Gasteiger partial charge in [-0.25, -0.2) is 0 Å². The number of hydrogen-bond donors (Lipinski definition) is 5. The van der Waals surface area contributed by atoms with E-state index in [1.54, 1.807) is 38.0 Å². The summed E-state index contributed by atoms with van der Waals surface area (Å²) in [6, 6.07) is 3.43. The molecule has 0 bridgehead atoms. The number of hydrogen-bond acceptors (Lipinski definition) is 11. The van der Waals surface area contributed by atoms with E-state index in [2.05, 4.69) is 0 Å². The van der Waals surface area contributed by atoms with Gasteiger partial charge in [-0.1, -0.05) is 19.1 Å². The van der Waals surface area contributed by atoms with Gasteiger partial charge in [0.2, 0.25) is 5.78 Å². The van der Waals surface area contributed by atoms with Crippen molar-refractivity contribution < 1.29 is 44.3 Å². The van der Waals surface area contributed by atoms with Gasteiger partial charge in [-0.15, -0.1) is 0 Å². The van der Waals surface area contributed by atoms with E-state index in [1.807, 2.05) is 6.92 Å². The van der Waals surface area contributed by atoms with E-state index in [4.69, 9.17) is 10.5 Å². The first-order valence-electron chi connectivity index (χ1n) is 12.4. The lowest BCUT2D eigenvalue weighted by Crippen LogP contribution is -2.40. The number of rotatable bonds is 7. The van der Waals surface area contributed by atoms with E-state index in [0.29, 0.717) is 17.4 Å². The third kappa shape index (κ3) is 8.07. The normalized spacial score (nSPS) is 26.4. The van der Waals surface area contributed by atoms with Crippen molar-refractivity contribution in [2.45, 2.75) is 57.3 Å². The first kappa shape index (κ1) is 31.9. The van der Waals surface area contributed by atoms with E-state index < -0.39 is 64.7 Å². The number of amides is 1. The molecule has 214 valence electrons. The van der Waals surface area contributed by atoms with Crippen molar-refractivity contribution in [2.24, 2.45) is 5.73 Å². The van der Waals surface area contributed by atoms with Crippen molar-refractivity contribution in [3.8, 4) is 5.75 Å². The van der Waals surface area contributed by atoms with Crippen LogP contribution in [-0.4, -0.2) is 92.6 Å². The second-order valence-corrected chi connectivity index (χ2v) is 10.7. The molecule has 0 spiro atoms. The van der Waals surface area contributed by atoms with Gasteiger partial charge in [-0.2, -0.15) is 11.8 Å². The highest BCUT2D eigenvalue weighted by Crippen LogP contribution is 2.36. The van der Waals surface area contributed by atoms with Gasteiger partial charge in [0, 0.05) is 25.2 Å². The number of allylic oxidation sites excluding steroid dienone is 1. The Bertz CT molecular complexity index is 1160. The van der Waals surface area contributed by atoms with Gasteiger partial charge in [0.25, 0.3) is 5.91 Å². The van der Waals surface area contributed by atoms with E-state index >= 15 is 0 Å². The van der Waals surface area contributed by atoms with Crippen molar-refractivity contribution in [1.82, 2.24) is 4.90 Å². The second kappa shape index (κ2) is 14.2. The minimum Gasteiger partial charge on any atom is -0.510 e. The molecular weight excluding hydrogens is 528 g/mol. The molecule has 0 saturated heterocycles. The van der Waals surface area contributed by atoms with Crippen LogP contribution >= 0.6 is 11.8 Å². The summed E-state index contributed by atoms with van der Waals surface area (Å²) < 4.78 is 5.59. The number of esters is 1. The molecule has 1 aliphatic rings. The average Bonchev–Trinajstić information content (AvgIpc) is 2.84. The Hall–Kier alpha value is -3.35. The molecule has 0 saturated carbocycles. The summed E-state index contributed by atoms with van der Waals surface area (Å²) in [5.41, 5.74) is 4.67. The lowest BCUT2D eigenvalue weighted by Gasteiger charge is -2.31. The van der Waals surface area contributed by atoms with Crippen LogP contribution in [0.3, 0.4) is 0 Å². The highest BCUT2D eigenvalue weighted by atomic mass is 32.2. The molecule has 4 atom stereocenters. The van der Waals surface area contributed by atoms with Crippen molar-refractivity contribution in [2.75, 3.05) is 25.6 Å². The Labute approximate surface area is 231 Å². The van der Waals surface area contributed by atoms with Gasteiger partial charge in [-0.05, 0) is 50.2 Å². The number of benzene rings is 1. The number of nitrogens with two attached hydrogens (primary N) is 1. The van der Waals surface area contributed by atoms with E-state index in [-0.39, 0.29) is 24.2 Å². The first-order chi connectivity index (χ1) is 18.3. The van der Waals surface area contributed by atoms with E-state index in [0.717, 1.165) is 12.2 Å². The molecule has 1 aromatic carbocycles. The quantitative estimate of drug-likeness (QED) is 0.185. The van der Waals surface area contributed by atoms with Crippen LogP contribution in [0.15, 0.2) is 41.4 Å². The van der Waals surface area contributed by atoms with Crippen LogP contribution in [-0.2, 0) is 19.1 Å². The Balaban J connectivity index is 2.86. The number of phenols is 1. The fraction of sp³-hybridized carbons (Fsp3) is 0.481. The Morgan fingerprint density at radius 2 is 1.82 bits per heavy atom. The minimum atomic E-state index is -2.40. The van der Waals surface area contributed by atoms with Gasteiger partial charge in [-0.3, -0.25) is 24.1 Å². The van der Waals surface area contributed by atoms with E-state index in [1.165, 1.54) is 17.9 Å². The molecule has 1 aliphatic carbocycles. The summed E-state index contributed by atoms with van der Waals surface area (Å²) in [6.45, 7) is 3.23. The highest BCUT2D eigenvalue weighted by Gasteiger charge is 2.36. The maximum Gasteiger partial charge on any atom is 0.302 e. The van der Waals surface area contributed by atoms with Crippen LogP contribution in [0.5, 0.6) is 5.75 Å². The zero-order valence-electron chi connectivity index (χ0n) is 22.4. The van der Waals surface area contributed by atoms with Crippen LogP contribution in [0.1, 0.15) is 54.9 Å². The molecule has 0 unspecified atom stereocenters. The summed E-state index contributed by atoms with van der Waals surface area (Å²) in [6.07, 6.45) is -1.73. The Morgan fingerprint density at radius 3 is 2.38 bits per heavy atom. The Morgan fingerprint density at radius 1 is 1.15 bits per heavy atom. The van der Waals surface area contributed by atoms with Gasteiger partial charge in [0.15, 0.2) is 11.9 Å². The lowest BCUT2D eigenvalue weighted by molar-refractivity contribution is -0.147. The number of carbonyl (C=O) groups excluding carboxylic acids is 4. The van der Waals surface area contributed by atoms with Gasteiger partial charge in [0.05, 0.1) is 11.6 Å². The number of nitrogens with zero attached hydrogens (tertiary/aromatic N) is 1. The number of fused-ring (bicyclic) bond motifs is 1. The number of phenolic OH excluding ortho intramolecular Hbond substituents is 1.